The summed E-state index contributed by atoms with van der Waals surface area (Å²) in [6.45, 7) is 0. The number of benzene rings is 1. The van der Waals surface area contributed by atoms with Gasteiger partial charge >= 0.3 is 0 Å². The number of nitrogens with zero attached hydrogens (tertiary/aromatic N) is 4. The molecular weight excluding hydrogens is 492 g/mol. The van der Waals surface area contributed by atoms with E-state index in [2.05, 4.69) is 65.8 Å². The molecule has 0 saturated carbocycles. The summed E-state index contributed by atoms with van der Waals surface area (Å²) >= 11 is 6.76. The molecule has 1 aromatic carbocycles. The number of hydrogen-bond acceptors (Lipinski definition) is 8. The van der Waals surface area contributed by atoms with Crippen molar-refractivity contribution in [2.24, 2.45) is 0 Å². The van der Waals surface area contributed by atoms with Crippen molar-refractivity contribution in [2.75, 3.05) is 10.6 Å². The molecule has 0 spiro atoms. The first-order chi connectivity index (χ1) is 15.2. The molecule has 0 aliphatic carbocycles. The van der Waals surface area contributed by atoms with Crippen molar-refractivity contribution >= 4 is 60.2 Å². The fraction of sp³-hybridized carbons (Fsp3) is 0. The molecule has 6 nitrogen and oxygen atoms in total. The summed E-state index contributed by atoms with van der Waals surface area (Å²) in [6, 6.07) is 16.0. The van der Waals surface area contributed by atoms with E-state index in [1.807, 2.05) is 29.6 Å². The minimum Gasteiger partial charge on any atom is -0.330 e. The van der Waals surface area contributed by atoms with Crippen molar-refractivity contribution in [2.45, 2.75) is 0 Å². The number of thiazole rings is 2. The Balaban J connectivity index is 1.33. The molecule has 0 amide bonds. The van der Waals surface area contributed by atoms with E-state index in [4.69, 9.17) is 4.98 Å². The number of aromatic nitrogens is 4. The summed E-state index contributed by atoms with van der Waals surface area (Å²) in [5, 5.41) is 10.3. The van der Waals surface area contributed by atoms with Gasteiger partial charge in [0.2, 0.25) is 0 Å². The normalized spacial score (nSPS) is 10.7. The third-order valence-electron chi connectivity index (χ3n) is 4.37. The highest BCUT2D eigenvalue weighted by molar-refractivity contribution is 9.11. The van der Waals surface area contributed by atoms with Crippen LogP contribution in [0.3, 0.4) is 0 Å². The largest absolute Gasteiger partial charge is 0.330 e. The van der Waals surface area contributed by atoms with Crippen molar-refractivity contribution in [3.8, 4) is 22.5 Å². The minimum absolute atomic E-state index is 0.810. The smallest absolute Gasteiger partial charge is 0.188 e. The number of rotatable bonds is 6. The molecule has 0 unspecified atom stereocenters. The van der Waals surface area contributed by atoms with E-state index >= 15 is 0 Å². The van der Waals surface area contributed by atoms with Gasteiger partial charge in [0.15, 0.2) is 10.3 Å². The van der Waals surface area contributed by atoms with Crippen LogP contribution >= 0.6 is 38.6 Å². The van der Waals surface area contributed by atoms with Crippen LogP contribution in [-0.4, -0.2) is 19.9 Å². The molecule has 0 aliphatic heterocycles. The number of halogens is 1. The molecule has 9 heteroatoms. The summed E-state index contributed by atoms with van der Waals surface area (Å²) in [5.74, 6) is 0. The number of pyridine rings is 2. The molecule has 0 saturated heterocycles. The van der Waals surface area contributed by atoms with Gasteiger partial charge < -0.3 is 10.6 Å². The Bertz CT molecular complexity index is 1290. The van der Waals surface area contributed by atoms with Crippen LogP contribution in [0.25, 0.3) is 22.5 Å². The summed E-state index contributed by atoms with van der Waals surface area (Å²) < 4.78 is 0.975. The average molecular weight is 507 g/mol. The van der Waals surface area contributed by atoms with E-state index < -0.39 is 0 Å². The summed E-state index contributed by atoms with van der Waals surface area (Å²) in [7, 11) is 0. The maximum atomic E-state index is 4.73. The Kier molecular flexibility index (Phi) is 5.70. The third-order valence-corrected chi connectivity index (χ3v) is 6.75. The highest BCUT2D eigenvalue weighted by atomic mass is 79.9. The second-order valence-electron chi connectivity index (χ2n) is 6.49. The van der Waals surface area contributed by atoms with E-state index in [1.54, 1.807) is 47.5 Å². The Hall–Kier alpha value is -3.14. The highest BCUT2D eigenvalue weighted by Gasteiger charge is 2.12. The zero-order chi connectivity index (χ0) is 21.0. The van der Waals surface area contributed by atoms with E-state index in [0.29, 0.717) is 0 Å². The standard InChI is InChI=1S/C22H15BrN6S2/c23-20-19(29-22(31-20)27-17-4-2-10-25-12-17)15-7-5-14(6-8-15)18-13-30-21(28-18)26-16-3-1-9-24-11-16/h1-13H,(H,26,28)(H,27,29). The predicted molar refractivity (Wildman–Crippen MR) is 131 cm³/mol. The maximum absolute atomic E-state index is 4.73. The van der Waals surface area contributed by atoms with Crippen LogP contribution in [0.4, 0.5) is 21.6 Å². The molecule has 5 aromatic rings. The lowest BCUT2D eigenvalue weighted by molar-refractivity contribution is 1.31. The second-order valence-corrected chi connectivity index (χ2v) is 9.67. The monoisotopic (exact) mass is 506 g/mol. The molecule has 152 valence electrons. The number of nitrogens with one attached hydrogen (secondary N) is 2. The molecule has 0 atom stereocenters. The van der Waals surface area contributed by atoms with Crippen LogP contribution in [0.2, 0.25) is 0 Å². The molecule has 2 N–H and O–H groups in total. The van der Waals surface area contributed by atoms with Crippen molar-refractivity contribution in [1.82, 2.24) is 19.9 Å². The van der Waals surface area contributed by atoms with Crippen molar-refractivity contribution in [3.05, 3.63) is 82.5 Å². The Morgan fingerprint density at radius 3 is 2.03 bits per heavy atom. The second kappa shape index (κ2) is 8.93. The van der Waals surface area contributed by atoms with Gasteiger partial charge in [0.05, 0.1) is 38.9 Å². The van der Waals surface area contributed by atoms with Gasteiger partial charge in [-0.2, -0.15) is 0 Å². The molecule has 0 bridgehead atoms. The summed E-state index contributed by atoms with van der Waals surface area (Å²) in [4.78, 5) is 17.7. The van der Waals surface area contributed by atoms with Gasteiger partial charge in [-0.05, 0) is 40.2 Å². The van der Waals surface area contributed by atoms with E-state index in [1.165, 1.54) is 0 Å². The van der Waals surface area contributed by atoms with Gasteiger partial charge in [0.25, 0.3) is 0 Å². The van der Waals surface area contributed by atoms with Gasteiger partial charge in [0.1, 0.15) is 0 Å². The van der Waals surface area contributed by atoms with E-state index in [0.717, 1.165) is 47.9 Å². The van der Waals surface area contributed by atoms with Crippen molar-refractivity contribution in [3.63, 3.8) is 0 Å². The lowest BCUT2D eigenvalue weighted by Gasteiger charge is -2.02. The number of anilines is 4. The Morgan fingerprint density at radius 1 is 0.742 bits per heavy atom. The molecular formula is C22H15BrN6S2. The van der Waals surface area contributed by atoms with Crippen LogP contribution < -0.4 is 10.6 Å². The molecule has 4 aromatic heterocycles. The van der Waals surface area contributed by atoms with E-state index in [-0.39, 0.29) is 0 Å². The SMILES string of the molecule is Brc1sc(Nc2cccnc2)nc1-c1ccc(-c2csc(Nc3cccnc3)n2)cc1. The molecule has 31 heavy (non-hydrogen) atoms. The first-order valence-electron chi connectivity index (χ1n) is 9.31. The zero-order valence-electron chi connectivity index (χ0n) is 16.0. The fourth-order valence-electron chi connectivity index (χ4n) is 2.92. The molecule has 0 aliphatic rings. The predicted octanol–water partition coefficient (Wildman–Crippen LogP) is 6.97. The first-order valence-corrected chi connectivity index (χ1v) is 11.8. The lowest BCUT2D eigenvalue weighted by Crippen LogP contribution is -1.90. The van der Waals surface area contributed by atoms with Crippen LogP contribution in [0, 0.1) is 0 Å². The Labute approximate surface area is 195 Å². The van der Waals surface area contributed by atoms with Crippen molar-refractivity contribution in [1.29, 1.82) is 0 Å². The Morgan fingerprint density at radius 2 is 1.39 bits per heavy atom. The zero-order valence-corrected chi connectivity index (χ0v) is 19.2. The highest BCUT2D eigenvalue weighted by Crippen LogP contribution is 2.37. The average Bonchev–Trinajstić information content (AvgIpc) is 3.42. The molecule has 4 heterocycles. The van der Waals surface area contributed by atoms with Gasteiger partial charge in [0, 0.05) is 28.9 Å². The maximum Gasteiger partial charge on any atom is 0.188 e. The van der Waals surface area contributed by atoms with Crippen molar-refractivity contribution < 1.29 is 0 Å². The van der Waals surface area contributed by atoms with E-state index in [9.17, 15) is 0 Å². The fourth-order valence-corrected chi connectivity index (χ4v) is 5.17. The van der Waals surface area contributed by atoms with Gasteiger partial charge in [-0.3, -0.25) is 9.97 Å². The van der Waals surface area contributed by atoms with Crippen LogP contribution in [0.15, 0.2) is 82.5 Å². The molecule has 0 fully saturated rings. The lowest BCUT2D eigenvalue weighted by atomic mass is 10.1. The summed E-state index contributed by atoms with van der Waals surface area (Å²) in [6.07, 6.45) is 7.04. The minimum atomic E-state index is 0.810. The quantitative estimate of drug-likeness (QED) is 0.259. The molecule has 5 rings (SSSR count). The first kappa shape index (κ1) is 19.8. The van der Waals surface area contributed by atoms with Crippen LogP contribution in [0.5, 0.6) is 0 Å². The van der Waals surface area contributed by atoms with Gasteiger partial charge in [-0.25, -0.2) is 9.97 Å². The third kappa shape index (κ3) is 4.63. The molecule has 0 radical (unpaired) electrons. The topological polar surface area (TPSA) is 75.6 Å². The van der Waals surface area contributed by atoms with Crippen LogP contribution in [0.1, 0.15) is 0 Å². The van der Waals surface area contributed by atoms with Gasteiger partial charge in [-0.15, -0.1) is 11.3 Å². The van der Waals surface area contributed by atoms with Crippen LogP contribution in [-0.2, 0) is 0 Å². The number of hydrogen-bond donors (Lipinski definition) is 2. The summed E-state index contributed by atoms with van der Waals surface area (Å²) in [5.41, 5.74) is 5.75. The van der Waals surface area contributed by atoms with Gasteiger partial charge in [-0.1, -0.05) is 35.6 Å².